The molecule has 0 heterocycles. The SMILES string of the molecule is Cc1ccc(C(F)(F)F)c(C(C)(F)F)c1. The predicted octanol–water partition coefficient (Wildman–Crippen LogP) is 4.13. The second-order valence-electron chi connectivity index (χ2n) is 3.44. The number of alkyl halides is 5. The minimum Gasteiger partial charge on any atom is -0.202 e. The van der Waals surface area contributed by atoms with Crippen molar-refractivity contribution in [2.75, 3.05) is 0 Å². The summed E-state index contributed by atoms with van der Waals surface area (Å²) in [6, 6.07) is 2.71. The van der Waals surface area contributed by atoms with Gasteiger partial charge in [-0.15, -0.1) is 0 Å². The van der Waals surface area contributed by atoms with Crippen LogP contribution in [0.25, 0.3) is 0 Å². The van der Waals surface area contributed by atoms with Gasteiger partial charge in [-0.1, -0.05) is 11.6 Å². The Morgan fingerprint density at radius 1 is 0.933 bits per heavy atom. The maximum atomic E-state index is 12.9. The van der Waals surface area contributed by atoms with Gasteiger partial charge in [0, 0.05) is 12.5 Å². The molecule has 1 aromatic carbocycles. The van der Waals surface area contributed by atoms with Crippen LogP contribution >= 0.6 is 0 Å². The van der Waals surface area contributed by atoms with Crippen LogP contribution in [0.4, 0.5) is 22.0 Å². The summed E-state index contributed by atoms with van der Waals surface area (Å²) in [7, 11) is 0. The van der Waals surface area contributed by atoms with E-state index in [1.54, 1.807) is 0 Å². The fourth-order valence-electron chi connectivity index (χ4n) is 1.27. The zero-order valence-electron chi connectivity index (χ0n) is 8.12. The van der Waals surface area contributed by atoms with Gasteiger partial charge in [-0.3, -0.25) is 0 Å². The number of hydrogen-bond donors (Lipinski definition) is 0. The Labute approximate surface area is 83.7 Å². The van der Waals surface area contributed by atoms with Crippen molar-refractivity contribution in [2.45, 2.75) is 25.9 Å². The van der Waals surface area contributed by atoms with E-state index in [-0.39, 0.29) is 0 Å². The largest absolute Gasteiger partial charge is 0.416 e. The van der Waals surface area contributed by atoms with Gasteiger partial charge in [-0.05, 0) is 19.1 Å². The van der Waals surface area contributed by atoms with E-state index in [1.165, 1.54) is 6.92 Å². The van der Waals surface area contributed by atoms with E-state index in [4.69, 9.17) is 0 Å². The summed E-state index contributed by atoms with van der Waals surface area (Å²) < 4.78 is 63.0. The molecular weight excluding hydrogens is 215 g/mol. The quantitative estimate of drug-likeness (QED) is 0.629. The minimum atomic E-state index is -4.75. The summed E-state index contributed by atoms with van der Waals surface area (Å²) in [6.07, 6.45) is -4.75. The third kappa shape index (κ3) is 2.67. The van der Waals surface area contributed by atoms with Crippen molar-refractivity contribution in [3.05, 3.63) is 34.9 Å². The van der Waals surface area contributed by atoms with Gasteiger partial charge in [0.1, 0.15) is 0 Å². The third-order valence-corrected chi connectivity index (χ3v) is 1.95. The van der Waals surface area contributed by atoms with Crippen molar-refractivity contribution in [3.8, 4) is 0 Å². The number of halogens is 5. The van der Waals surface area contributed by atoms with E-state index in [9.17, 15) is 22.0 Å². The average Bonchev–Trinajstić information content (AvgIpc) is 2.00. The summed E-state index contributed by atoms with van der Waals surface area (Å²) in [5.74, 6) is -3.49. The molecule has 5 heteroatoms. The second kappa shape index (κ2) is 3.47. The van der Waals surface area contributed by atoms with Gasteiger partial charge < -0.3 is 0 Å². The van der Waals surface area contributed by atoms with Crippen molar-refractivity contribution < 1.29 is 22.0 Å². The number of rotatable bonds is 1. The average molecular weight is 224 g/mol. The molecule has 15 heavy (non-hydrogen) atoms. The molecule has 1 aromatic rings. The Hall–Kier alpha value is -1.13. The van der Waals surface area contributed by atoms with E-state index >= 15 is 0 Å². The van der Waals surface area contributed by atoms with E-state index in [0.29, 0.717) is 18.6 Å². The van der Waals surface area contributed by atoms with Crippen molar-refractivity contribution in [1.82, 2.24) is 0 Å². The summed E-state index contributed by atoms with van der Waals surface area (Å²) in [5.41, 5.74) is -1.88. The molecule has 0 radical (unpaired) electrons. The van der Waals surface area contributed by atoms with Crippen LogP contribution in [0.2, 0.25) is 0 Å². The van der Waals surface area contributed by atoms with E-state index < -0.39 is 23.2 Å². The maximum Gasteiger partial charge on any atom is 0.416 e. The van der Waals surface area contributed by atoms with E-state index in [2.05, 4.69) is 0 Å². The lowest BCUT2D eigenvalue weighted by Gasteiger charge is -2.18. The second-order valence-corrected chi connectivity index (χ2v) is 3.44. The highest BCUT2D eigenvalue weighted by Crippen LogP contribution is 2.39. The van der Waals surface area contributed by atoms with Gasteiger partial charge in [0.05, 0.1) is 5.56 Å². The third-order valence-electron chi connectivity index (χ3n) is 1.95. The lowest BCUT2D eigenvalue weighted by Crippen LogP contribution is -2.17. The molecule has 0 unspecified atom stereocenters. The van der Waals surface area contributed by atoms with Crippen LogP contribution in [0.1, 0.15) is 23.6 Å². The van der Waals surface area contributed by atoms with Crippen molar-refractivity contribution in [3.63, 3.8) is 0 Å². The molecule has 0 aromatic heterocycles. The molecule has 0 fully saturated rings. The van der Waals surface area contributed by atoms with E-state index in [1.807, 2.05) is 0 Å². The summed E-state index contributed by atoms with van der Waals surface area (Å²) >= 11 is 0. The fraction of sp³-hybridized carbons (Fsp3) is 0.400. The van der Waals surface area contributed by atoms with Crippen LogP contribution in [0.3, 0.4) is 0 Å². The zero-order chi connectivity index (χ0) is 11.9. The molecule has 1 rings (SSSR count). The monoisotopic (exact) mass is 224 g/mol. The smallest absolute Gasteiger partial charge is 0.202 e. The molecular formula is C10H9F5. The number of aryl methyl sites for hydroxylation is 1. The van der Waals surface area contributed by atoms with Crippen molar-refractivity contribution in [1.29, 1.82) is 0 Å². The molecule has 0 aliphatic carbocycles. The number of benzene rings is 1. The van der Waals surface area contributed by atoms with Crippen LogP contribution in [0.5, 0.6) is 0 Å². The lowest BCUT2D eigenvalue weighted by molar-refractivity contribution is -0.141. The van der Waals surface area contributed by atoms with Crippen LogP contribution in [0.15, 0.2) is 18.2 Å². The van der Waals surface area contributed by atoms with Gasteiger partial charge in [-0.2, -0.15) is 13.2 Å². The molecule has 0 amide bonds. The Bertz CT molecular complexity index is 359. The molecule has 0 aliphatic heterocycles. The Morgan fingerprint density at radius 3 is 1.87 bits per heavy atom. The summed E-state index contributed by atoms with van der Waals surface area (Å²) in [4.78, 5) is 0. The normalized spacial score (nSPS) is 13.0. The number of hydrogen-bond acceptors (Lipinski definition) is 0. The molecule has 0 aliphatic rings. The molecule has 0 spiro atoms. The standard InChI is InChI=1S/C10H9F5/c1-6-3-4-7(10(13,14)15)8(5-6)9(2,11)12/h3-5H,1-2H3. The molecule has 0 atom stereocenters. The van der Waals surface area contributed by atoms with E-state index in [0.717, 1.165) is 12.1 Å². The highest BCUT2D eigenvalue weighted by Gasteiger charge is 2.39. The molecule has 0 saturated heterocycles. The minimum absolute atomic E-state index is 0.375. The molecule has 0 bridgehead atoms. The zero-order valence-corrected chi connectivity index (χ0v) is 8.12. The van der Waals surface area contributed by atoms with Crippen LogP contribution in [0, 0.1) is 6.92 Å². The molecule has 0 N–H and O–H groups in total. The predicted molar refractivity (Wildman–Crippen MR) is 45.7 cm³/mol. The van der Waals surface area contributed by atoms with Gasteiger partial charge in [-0.25, -0.2) is 8.78 Å². The fourth-order valence-corrected chi connectivity index (χ4v) is 1.27. The highest BCUT2D eigenvalue weighted by atomic mass is 19.4. The van der Waals surface area contributed by atoms with Crippen LogP contribution in [-0.2, 0) is 12.1 Å². The van der Waals surface area contributed by atoms with Crippen LogP contribution < -0.4 is 0 Å². The lowest BCUT2D eigenvalue weighted by atomic mass is 9.99. The Kier molecular flexibility index (Phi) is 2.76. The van der Waals surface area contributed by atoms with Gasteiger partial charge in [0.25, 0.3) is 5.92 Å². The molecule has 0 nitrogen and oxygen atoms in total. The van der Waals surface area contributed by atoms with Crippen LogP contribution in [-0.4, -0.2) is 0 Å². The maximum absolute atomic E-state index is 12.9. The van der Waals surface area contributed by atoms with Gasteiger partial charge in [0.2, 0.25) is 0 Å². The first-order valence-corrected chi connectivity index (χ1v) is 4.18. The first kappa shape index (κ1) is 11.9. The topological polar surface area (TPSA) is 0 Å². The molecule has 84 valence electrons. The molecule has 0 saturated carbocycles. The van der Waals surface area contributed by atoms with Gasteiger partial charge in [0.15, 0.2) is 0 Å². The highest BCUT2D eigenvalue weighted by molar-refractivity contribution is 5.36. The Balaban J connectivity index is 3.41. The van der Waals surface area contributed by atoms with Crippen molar-refractivity contribution in [2.24, 2.45) is 0 Å². The van der Waals surface area contributed by atoms with Gasteiger partial charge >= 0.3 is 6.18 Å². The first-order valence-electron chi connectivity index (χ1n) is 4.18. The summed E-state index contributed by atoms with van der Waals surface area (Å²) in [5, 5.41) is 0. The first-order chi connectivity index (χ1) is 6.62. The van der Waals surface area contributed by atoms with Crippen molar-refractivity contribution >= 4 is 0 Å². The summed E-state index contributed by atoms with van der Waals surface area (Å²) in [6.45, 7) is 1.92. The Morgan fingerprint density at radius 2 is 1.47 bits per heavy atom.